The third-order valence-corrected chi connectivity index (χ3v) is 3.19. The van der Waals surface area contributed by atoms with Crippen molar-refractivity contribution in [1.82, 2.24) is 0 Å². The van der Waals surface area contributed by atoms with E-state index < -0.39 is 11.9 Å². The normalized spacial score (nSPS) is 9.80. The Morgan fingerprint density at radius 2 is 1.93 bits per heavy atom. The van der Waals surface area contributed by atoms with Crippen molar-refractivity contribution in [2.75, 3.05) is 7.11 Å². The van der Waals surface area contributed by atoms with Gasteiger partial charge in [-0.2, -0.15) is 0 Å². The monoisotopic (exact) mass is 336 g/mol. The fraction of sp³-hybridized carbons (Fsp3) is 0.111. The maximum absolute atomic E-state index is 11.3. The van der Waals surface area contributed by atoms with E-state index >= 15 is 0 Å². The van der Waals surface area contributed by atoms with Crippen LogP contribution in [0.5, 0.6) is 0 Å². The summed E-state index contributed by atoms with van der Waals surface area (Å²) in [6.45, 7) is 0. The van der Waals surface area contributed by atoms with Crippen LogP contribution in [0.4, 0.5) is 0 Å². The Bertz CT molecular complexity index is 428. The average Bonchev–Trinajstić information content (AvgIpc) is 2.16. The van der Waals surface area contributed by atoms with E-state index in [2.05, 4.69) is 36.6 Å². The van der Waals surface area contributed by atoms with E-state index in [4.69, 9.17) is 5.11 Å². The summed E-state index contributed by atoms with van der Waals surface area (Å²) in [7, 11) is 1.23. The van der Waals surface area contributed by atoms with Crippen molar-refractivity contribution in [3.8, 4) is 0 Å². The van der Waals surface area contributed by atoms with Crippen molar-refractivity contribution in [2.24, 2.45) is 0 Å². The number of carboxylic acids is 1. The van der Waals surface area contributed by atoms with Gasteiger partial charge in [0.1, 0.15) is 0 Å². The summed E-state index contributed by atoms with van der Waals surface area (Å²) in [5.41, 5.74) is 0.177. The molecule has 0 aromatic heterocycles. The molecule has 80 valence electrons. The van der Waals surface area contributed by atoms with Crippen LogP contribution in [-0.4, -0.2) is 24.2 Å². The van der Waals surface area contributed by atoms with E-state index in [0.29, 0.717) is 4.47 Å². The molecule has 0 amide bonds. The second kappa shape index (κ2) is 4.76. The third kappa shape index (κ3) is 2.38. The molecule has 1 rings (SSSR count). The highest BCUT2D eigenvalue weighted by atomic mass is 79.9. The minimum atomic E-state index is -1.13. The summed E-state index contributed by atoms with van der Waals surface area (Å²) in [6, 6.07) is 2.97. The van der Waals surface area contributed by atoms with Gasteiger partial charge in [-0.15, -0.1) is 0 Å². The number of rotatable bonds is 2. The molecule has 0 unspecified atom stereocenters. The Morgan fingerprint density at radius 1 is 1.33 bits per heavy atom. The second-order valence-corrected chi connectivity index (χ2v) is 4.23. The molecule has 0 aliphatic heterocycles. The Labute approximate surface area is 102 Å². The molecule has 0 aliphatic rings. The molecule has 0 spiro atoms. The van der Waals surface area contributed by atoms with Gasteiger partial charge in [-0.3, -0.25) is 0 Å². The Morgan fingerprint density at radius 3 is 2.40 bits per heavy atom. The maximum atomic E-state index is 11.3. The van der Waals surface area contributed by atoms with Gasteiger partial charge in [0, 0.05) is 8.95 Å². The van der Waals surface area contributed by atoms with Crippen LogP contribution >= 0.6 is 31.9 Å². The number of hydrogen-bond acceptors (Lipinski definition) is 3. The molecule has 0 aliphatic carbocycles. The molecular formula is C9H6Br2O4. The quantitative estimate of drug-likeness (QED) is 0.843. The summed E-state index contributed by atoms with van der Waals surface area (Å²) in [4.78, 5) is 22.2. The van der Waals surface area contributed by atoms with Gasteiger partial charge in [0.2, 0.25) is 0 Å². The number of ether oxygens (including phenoxy) is 1. The minimum Gasteiger partial charge on any atom is -0.478 e. The van der Waals surface area contributed by atoms with Crippen molar-refractivity contribution in [2.45, 2.75) is 0 Å². The zero-order valence-corrected chi connectivity index (χ0v) is 10.8. The molecule has 4 nitrogen and oxygen atoms in total. The van der Waals surface area contributed by atoms with Crippen LogP contribution in [0.25, 0.3) is 0 Å². The lowest BCUT2D eigenvalue weighted by Crippen LogP contribution is -2.07. The zero-order chi connectivity index (χ0) is 11.6. The van der Waals surface area contributed by atoms with Gasteiger partial charge in [-0.05, 0) is 44.0 Å². The fourth-order valence-electron chi connectivity index (χ4n) is 1.02. The van der Waals surface area contributed by atoms with Gasteiger partial charge in [0.15, 0.2) is 0 Å². The van der Waals surface area contributed by atoms with E-state index in [-0.39, 0.29) is 15.6 Å². The maximum Gasteiger partial charge on any atom is 0.339 e. The lowest BCUT2D eigenvalue weighted by atomic mass is 10.1. The highest BCUT2D eigenvalue weighted by Crippen LogP contribution is 2.29. The Balaban J connectivity index is 3.41. The Kier molecular flexibility index (Phi) is 3.87. The lowest BCUT2D eigenvalue weighted by molar-refractivity contribution is 0.0599. The predicted octanol–water partition coefficient (Wildman–Crippen LogP) is 2.70. The van der Waals surface area contributed by atoms with E-state index in [1.807, 2.05) is 0 Å². The number of benzene rings is 1. The Hall–Kier alpha value is -0.880. The molecule has 1 N–H and O–H groups in total. The number of carbonyl (C=O) groups is 2. The van der Waals surface area contributed by atoms with Gasteiger partial charge in [-0.1, -0.05) is 0 Å². The van der Waals surface area contributed by atoms with Gasteiger partial charge in [0.05, 0.1) is 18.2 Å². The molecule has 1 aromatic rings. The first kappa shape index (κ1) is 12.2. The lowest BCUT2D eigenvalue weighted by Gasteiger charge is -2.06. The summed E-state index contributed by atoms with van der Waals surface area (Å²) in [5, 5.41) is 8.91. The summed E-state index contributed by atoms with van der Waals surface area (Å²) >= 11 is 6.15. The molecule has 6 heteroatoms. The van der Waals surface area contributed by atoms with Crippen molar-refractivity contribution in [3.05, 3.63) is 32.2 Å². The van der Waals surface area contributed by atoms with E-state index in [1.165, 1.54) is 19.2 Å². The first-order chi connectivity index (χ1) is 6.99. The number of aromatic carboxylic acids is 1. The van der Waals surface area contributed by atoms with Crippen molar-refractivity contribution in [3.63, 3.8) is 0 Å². The van der Waals surface area contributed by atoms with Crippen LogP contribution in [0.3, 0.4) is 0 Å². The van der Waals surface area contributed by atoms with E-state index in [0.717, 1.165) is 0 Å². The molecule has 0 fully saturated rings. The summed E-state index contributed by atoms with van der Waals surface area (Å²) in [6.07, 6.45) is 0. The zero-order valence-electron chi connectivity index (χ0n) is 7.58. The molecule has 0 bridgehead atoms. The topological polar surface area (TPSA) is 63.6 Å². The van der Waals surface area contributed by atoms with E-state index in [1.54, 1.807) is 0 Å². The molecule has 15 heavy (non-hydrogen) atoms. The van der Waals surface area contributed by atoms with Gasteiger partial charge in [-0.25, -0.2) is 9.59 Å². The van der Waals surface area contributed by atoms with Crippen LogP contribution in [0, 0.1) is 0 Å². The molecule has 1 aromatic carbocycles. The predicted molar refractivity (Wildman–Crippen MR) is 60.1 cm³/mol. The van der Waals surface area contributed by atoms with Gasteiger partial charge < -0.3 is 9.84 Å². The SMILES string of the molecule is COC(=O)c1ccc(Br)c(C(=O)O)c1Br. The summed E-state index contributed by atoms with van der Waals surface area (Å²) < 4.78 is 5.12. The van der Waals surface area contributed by atoms with Gasteiger partial charge in [0.25, 0.3) is 0 Å². The molecule has 0 radical (unpaired) electrons. The second-order valence-electron chi connectivity index (χ2n) is 2.58. The number of carbonyl (C=O) groups excluding carboxylic acids is 1. The molecular weight excluding hydrogens is 332 g/mol. The van der Waals surface area contributed by atoms with Crippen LogP contribution in [0.2, 0.25) is 0 Å². The molecule has 0 saturated carbocycles. The number of halogens is 2. The highest BCUT2D eigenvalue weighted by Gasteiger charge is 2.20. The molecule has 0 heterocycles. The van der Waals surface area contributed by atoms with Crippen LogP contribution in [0.1, 0.15) is 20.7 Å². The van der Waals surface area contributed by atoms with Crippen molar-refractivity contribution in [1.29, 1.82) is 0 Å². The van der Waals surface area contributed by atoms with Crippen LogP contribution in [0.15, 0.2) is 21.1 Å². The van der Waals surface area contributed by atoms with Gasteiger partial charge >= 0.3 is 11.9 Å². The highest BCUT2D eigenvalue weighted by molar-refractivity contribution is 9.11. The van der Waals surface area contributed by atoms with Crippen LogP contribution < -0.4 is 0 Å². The fourth-order valence-corrected chi connectivity index (χ4v) is 2.46. The third-order valence-electron chi connectivity index (χ3n) is 1.71. The number of hydrogen-bond donors (Lipinski definition) is 1. The number of esters is 1. The smallest absolute Gasteiger partial charge is 0.339 e. The average molecular weight is 338 g/mol. The number of methoxy groups -OCH3 is 1. The largest absolute Gasteiger partial charge is 0.478 e. The number of carboxylic acid groups (broad SMARTS) is 1. The van der Waals surface area contributed by atoms with E-state index in [9.17, 15) is 9.59 Å². The molecule has 0 atom stereocenters. The standard InChI is InChI=1S/C9H6Br2O4/c1-15-9(14)4-2-3-5(10)6(7(4)11)8(12)13/h2-3H,1H3,(H,12,13). The first-order valence-electron chi connectivity index (χ1n) is 3.78. The summed E-state index contributed by atoms with van der Waals surface area (Å²) in [5.74, 6) is -1.71. The molecule has 0 saturated heterocycles. The minimum absolute atomic E-state index is 0.00194. The van der Waals surface area contributed by atoms with Crippen LogP contribution in [-0.2, 0) is 4.74 Å². The van der Waals surface area contributed by atoms with Crippen molar-refractivity contribution >= 4 is 43.8 Å². The first-order valence-corrected chi connectivity index (χ1v) is 5.37. The van der Waals surface area contributed by atoms with Crippen molar-refractivity contribution < 1.29 is 19.4 Å².